The number of hydrogen-bond donors (Lipinski definition) is 0. The van der Waals surface area contributed by atoms with E-state index in [1.165, 1.54) is 38.5 Å². The van der Waals surface area contributed by atoms with Crippen LogP contribution in [0, 0.1) is 17.7 Å². The van der Waals surface area contributed by atoms with Gasteiger partial charge in [-0.2, -0.15) is 0 Å². The minimum Gasteiger partial charge on any atom is -0.207 e. The van der Waals surface area contributed by atoms with Crippen molar-refractivity contribution < 1.29 is 4.39 Å². The predicted octanol–water partition coefficient (Wildman–Crippen LogP) is 5.76. The molecule has 0 amide bonds. The minimum absolute atomic E-state index is 0.0237. The fourth-order valence-corrected chi connectivity index (χ4v) is 4.07. The Morgan fingerprint density at radius 2 is 1.90 bits per heavy atom. The zero-order valence-electron chi connectivity index (χ0n) is 12.5. The molecule has 0 bridgehead atoms. The Labute approximate surface area is 122 Å². The number of fused-ring (bicyclic) bond motifs is 1. The van der Waals surface area contributed by atoms with Crippen molar-refractivity contribution in [2.75, 3.05) is 0 Å². The van der Waals surface area contributed by atoms with Gasteiger partial charge in [0.2, 0.25) is 0 Å². The molecule has 0 aliphatic heterocycles. The van der Waals surface area contributed by atoms with Crippen LogP contribution in [-0.2, 0) is 6.42 Å². The summed E-state index contributed by atoms with van der Waals surface area (Å²) in [5.74, 6) is 1.70. The van der Waals surface area contributed by atoms with Crippen molar-refractivity contribution in [2.24, 2.45) is 11.8 Å². The zero-order valence-corrected chi connectivity index (χ0v) is 12.5. The molecule has 1 fully saturated rings. The Balaban J connectivity index is 1.70. The van der Waals surface area contributed by atoms with Gasteiger partial charge in [0.15, 0.2) is 0 Å². The molecule has 0 nitrogen and oxygen atoms in total. The van der Waals surface area contributed by atoms with Crippen LogP contribution in [0.1, 0.15) is 63.0 Å². The van der Waals surface area contributed by atoms with Crippen LogP contribution in [0.25, 0.3) is 6.08 Å². The highest BCUT2D eigenvalue weighted by Crippen LogP contribution is 2.39. The summed E-state index contributed by atoms with van der Waals surface area (Å²) in [7, 11) is 0. The van der Waals surface area contributed by atoms with Crippen LogP contribution in [0.3, 0.4) is 0 Å². The fourth-order valence-electron chi connectivity index (χ4n) is 4.07. The van der Waals surface area contributed by atoms with Crippen LogP contribution in [0.5, 0.6) is 0 Å². The number of hydrogen-bond acceptors (Lipinski definition) is 0. The highest BCUT2D eigenvalue weighted by Gasteiger charge is 2.25. The van der Waals surface area contributed by atoms with Crippen molar-refractivity contribution in [3.05, 3.63) is 40.7 Å². The van der Waals surface area contributed by atoms with Crippen LogP contribution in [0.15, 0.2) is 23.8 Å². The largest absolute Gasteiger partial charge is 0.207 e. The zero-order chi connectivity index (χ0) is 13.9. The van der Waals surface area contributed by atoms with Crippen LogP contribution in [-0.4, -0.2) is 0 Å². The van der Waals surface area contributed by atoms with Crippen molar-refractivity contribution in [1.29, 1.82) is 0 Å². The lowest BCUT2D eigenvalue weighted by molar-refractivity contribution is 0.283. The van der Waals surface area contributed by atoms with Crippen LogP contribution < -0.4 is 0 Å². The van der Waals surface area contributed by atoms with Gasteiger partial charge in [0.05, 0.1) is 0 Å². The second-order valence-electron chi connectivity index (χ2n) is 6.53. The molecule has 1 heteroatoms. The molecule has 0 spiro atoms. The Hall–Kier alpha value is -1.11. The van der Waals surface area contributed by atoms with E-state index < -0.39 is 0 Å². The van der Waals surface area contributed by atoms with E-state index in [2.05, 4.69) is 19.1 Å². The molecular weight excluding hydrogens is 247 g/mol. The Kier molecular flexibility index (Phi) is 4.24. The summed E-state index contributed by atoms with van der Waals surface area (Å²) in [5, 5.41) is 0. The Morgan fingerprint density at radius 3 is 2.65 bits per heavy atom. The van der Waals surface area contributed by atoms with E-state index in [0.717, 1.165) is 35.8 Å². The Bertz CT molecular complexity index is 492. The smallest absolute Gasteiger partial charge is 0.127 e. The van der Waals surface area contributed by atoms with Gasteiger partial charge in [-0.3, -0.25) is 0 Å². The molecule has 0 N–H and O–H groups in total. The second-order valence-corrected chi connectivity index (χ2v) is 6.53. The highest BCUT2D eigenvalue weighted by atomic mass is 19.1. The summed E-state index contributed by atoms with van der Waals surface area (Å²) in [4.78, 5) is 0. The molecule has 0 saturated heterocycles. The molecule has 0 unspecified atom stereocenters. The summed E-state index contributed by atoms with van der Waals surface area (Å²) < 4.78 is 13.7. The molecular formula is C19H25F. The quantitative estimate of drug-likeness (QED) is 0.656. The average Bonchev–Trinajstić information content (AvgIpc) is 2.48. The standard InChI is InChI=1S/C19H25F/c1-2-4-14-7-9-15(10-8-14)16-11-12-18-17(13-16)5-3-6-19(18)20/h3,5-6,13-15H,2,4,7-12H2,1H3. The molecule has 0 atom stereocenters. The number of rotatable bonds is 3. The van der Waals surface area contributed by atoms with Gasteiger partial charge >= 0.3 is 0 Å². The monoisotopic (exact) mass is 272 g/mol. The number of allylic oxidation sites excluding steroid dienone is 1. The van der Waals surface area contributed by atoms with Gasteiger partial charge in [0.25, 0.3) is 0 Å². The molecule has 3 rings (SSSR count). The molecule has 2 aliphatic carbocycles. The van der Waals surface area contributed by atoms with Gasteiger partial charge in [-0.25, -0.2) is 4.39 Å². The Morgan fingerprint density at radius 1 is 1.10 bits per heavy atom. The lowest BCUT2D eigenvalue weighted by Crippen LogP contribution is -2.18. The maximum Gasteiger partial charge on any atom is 0.127 e. The lowest BCUT2D eigenvalue weighted by Gasteiger charge is -2.31. The third-order valence-corrected chi connectivity index (χ3v) is 5.23. The van der Waals surface area contributed by atoms with Crippen molar-refractivity contribution in [3.63, 3.8) is 0 Å². The van der Waals surface area contributed by atoms with E-state index >= 15 is 0 Å². The molecule has 1 aromatic carbocycles. The summed E-state index contributed by atoms with van der Waals surface area (Å²) in [6.45, 7) is 2.29. The van der Waals surface area contributed by atoms with E-state index in [4.69, 9.17) is 0 Å². The van der Waals surface area contributed by atoms with E-state index in [9.17, 15) is 4.39 Å². The average molecular weight is 272 g/mol. The maximum absolute atomic E-state index is 13.7. The van der Waals surface area contributed by atoms with E-state index in [0.29, 0.717) is 0 Å². The van der Waals surface area contributed by atoms with Gasteiger partial charge in [-0.05, 0) is 67.6 Å². The maximum atomic E-state index is 13.7. The molecule has 0 radical (unpaired) electrons. The molecule has 108 valence electrons. The number of benzene rings is 1. The first kappa shape index (κ1) is 13.9. The third kappa shape index (κ3) is 2.82. The van der Waals surface area contributed by atoms with Gasteiger partial charge in [-0.15, -0.1) is 0 Å². The minimum atomic E-state index is -0.0237. The summed E-state index contributed by atoms with van der Waals surface area (Å²) in [5.41, 5.74) is 3.64. The topological polar surface area (TPSA) is 0 Å². The first-order valence-electron chi connectivity index (χ1n) is 8.25. The van der Waals surface area contributed by atoms with Crippen LogP contribution in [0.2, 0.25) is 0 Å². The molecule has 0 aromatic heterocycles. The van der Waals surface area contributed by atoms with Crippen molar-refractivity contribution in [2.45, 2.75) is 58.3 Å². The fraction of sp³-hybridized carbons (Fsp3) is 0.579. The third-order valence-electron chi connectivity index (χ3n) is 5.23. The SMILES string of the molecule is CCCC1CCC(C2=Cc3cccc(F)c3CC2)CC1. The van der Waals surface area contributed by atoms with Crippen molar-refractivity contribution in [1.82, 2.24) is 0 Å². The highest BCUT2D eigenvalue weighted by molar-refractivity contribution is 5.60. The van der Waals surface area contributed by atoms with Crippen molar-refractivity contribution in [3.8, 4) is 0 Å². The van der Waals surface area contributed by atoms with Gasteiger partial charge < -0.3 is 0 Å². The summed E-state index contributed by atoms with van der Waals surface area (Å²) in [6, 6.07) is 5.50. The van der Waals surface area contributed by atoms with Gasteiger partial charge in [0, 0.05) is 0 Å². The normalized spacial score (nSPS) is 26.0. The van der Waals surface area contributed by atoms with Crippen LogP contribution in [0.4, 0.5) is 4.39 Å². The van der Waals surface area contributed by atoms with E-state index in [1.54, 1.807) is 11.6 Å². The lowest BCUT2D eigenvalue weighted by atomic mass is 9.74. The molecule has 2 aliphatic rings. The second kappa shape index (κ2) is 6.11. The van der Waals surface area contributed by atoms with Crippen molar-refractivity contribution >= 4 is 6.08 Å². The van der Waals surface area contributed by atoms with E-state index in [-0.39, 0.29) is 5.82 Å². The van der Waals surface area contributed by atoms with E-state index in [1.807, 2.05) is 6.07 Å². The molecule has 1 saturated carbocycles. The summed E-state index contributed by atoms with van der Waals surface area (Å²) >= 11 is 0. The van der Waals surface area contributed by atoms with Gasteiger partial charge in [0.1, 0.15) is 5.82 Å². The molecule has 1 aromatic rings. The summed E-state index contributed by atoms with van der Waals surface area (Å²) in [6.07, 6.45) is 12.5. The van der Waals surface area contributed by atoms with Gasteiger partial charge in [-0.1, -0.05) is 43.5 Å². The number of halogens is 1. The molecule has 0 heterocycles. The van der Waals surface area contributed by atoms with Crippen LogP contribution >= 0.6 is 0 Å². The molecule has 20 heavy (non-hydrogen) atoms. The predicted molar refractivity (Wildman–Crippen MR) is 83.1 cm³/mol. The first-order valence-corrected chi connectivity index (χ1v) is 8.25. The first-order chi connectivity index (χ1) is 9.78.